The average Bonchev–Trinajstić information content (AvgIpc) is 2.53. The zero-order chi connectivity index (χ0) is 17.0. The first-order valence-electron chi connectivity index (χ1n) is 7.28. The van der Waals surface area contributed by atoms with Crippen molar-refractivity contribution in [2.75, 3.05) is 19.7 Å². The number of Topliss-reactive ketones (excluding diaryl/α,β-unsaturated/α-hetero) is 1. The van der Waals surface area contributed by atoms with Crippen LogP contribution in [0.4, 0.5) is 0 Å². The van der Waals surface area contributed by atoms with Gasteiger partial charge in [-0.3, -0.25) is 4.79 Å². The van der Waals surface area contributed by atoms with E-state index in [1.54, 1.807) is 0 Å². The third-order valence-electron chi connectivity index (χ3n) is 3.52. The fourth-order valence-corrected chi connectivity index (χ4v) is 4.06. The molecule has 1 saturated heterocycles. The predicted octanol–water partition coefficient (Wildman–Crippen LogP) is 2.26. The quantitative estimate of drug-likeness (QED) is 0.753. The minimum absolute atomic E-state index is 0.00132. The van der Waals surface area contributed by atoms with E-state index in [9.17, 15) is 18.0 Å². The van der Waals surface area contributed by atoms with Crippen LogP contribution in [0.2, 0.25) is 5.02 Å². The highest BCUT2D eigenvalue weighted by atomic mass is 35.5. The number of rotatable bonds is 5. The van der Waals surface area contributed by atoms with E-state index >= 15 is 0 Å². The van der Waals surface area contributed by atoms with Gasteiger partial charge in [0.1, 0.15) is 6.61 Å². The fourth-order valence-electron chi connectivity index (χ4n) is 2.32. The Balaban J connectivity index is 2.28. The number of hydrogen-bond acceptors (Lipinski definition) is 5. The van der Waals surface area contributed by atoms with E-state index < -0.39 is 16.0 Å². The lowest BCUT2D eigenvalue weighted by molar-refractivity contribution is -0.120. The number of hydrogen-bond donors (Lipinski definition) is 0. The van der Waals surface area contributed by atoms with Crippen LogP contribution in [0.3, 0.4) is 0 Å². The molecule has 23 heavy (non-hydrogen) atoms. The van der Waals surface area contributed by atoms with Crippen LogP contribution in [-0.2, 0) is 19.6 Å². The minimum atomic E-state index is -3.67. The summed E-state index contributed by atoms with van der Waals surface area (Å²) in [5.74, 6) is -1.13. The van der Waals surface area contributed by atoms with E-state index in [-0.39, 0.29) is 27.9 Å². The summed E-state index contributed by atoms with van der Waals surface area (Å²) in [4.78, 5) is 22.8. The van der Waals surface area contributed by atoms with Gasteiger partial charge in [0.05, 0.1) is 15.5 Å². The number of esters is 1. The van der Waals surface area contributed by atoms with Gasteiger partial charge >= 0.3 is 5.97 Å². The summed E-state index contributed by atoms with van der Waals surface area (Å²) in [7, 11) is -3.67. The number of carbonyl (C=O) groups excluding carboxylic acids is 2. The van der Waals surface area contributed by atoms with Gasteiger partial charge < -0.3 is 4.74 Å². The zero-order valence-corrected chi connectivity index (χ0v) is 14.3. The van der Waals surface area contributed by atoms with E-state index in [4.69, 9.17) is 16.3 Å². The van der Waals surface area contributed by atoms with Gasteiger partial charge in [-0.25, -0.2) is 13.2 Å². The summed E-state index contributed by atoms with van der Waals surface area (Å²) in [6.07, 6.45) is 2.65. The number of carbonyl (C=O) groups is 2. The molecule has 0 radical (unpaired) electrons. The van der Waals surface area contributed by atoms with Crippen LogP contribution in [0.5, 0.6) is 0 Å². The van der Waals surface area contributed by atoms with Crippen molar-refractivity contribution in [2.45, 2.75) is 31.1 Å². The summed E-state index contributed by atoms with van der Waals surface area (Å²) in [5.41, 5.74) is -0.0639. The van der Waals surface area contributed by atoms with Gasteiger partial charge in [0.25, 0.3) is 0 Å². The molecule has 1 aromatic carbocycles. The molecule has 1 fully saturated rings. The number of halogens is 1. The molecule has 126 valence electrons. The van der Waals surface area contributed by atoms with Crippen molar-refractivity contribution in [2.24, 2.45) is 0 Å². The van der Waals surface area contributed by atoms with Gasteiger partial charge in [0.15, 0.2) is 5.78 Å². The fraction of sp³-hybridized carbons (Fsp3) is 0.467. The Bertz CT molecular complexity index is 711. The van der Waals surface area contributed by atoms with Gasteiger partial charge in [-0.2, -0.15) is 4.31 Å². The summed E-state index contributed by atoms with van der Waals surface area (Å²) >= 11 is 5.95. The Hall–Kier alpha value is -1.44. The Morgan fingerprint density at radius 3 is 2.48 bits per heavy atom. The summed E-state index contributed by atoms with van der Waals surface area (Å²) < 4.78 is 31.4. The monoisotopic (exact) mass is 359 g/mol. The van der Waals surface area contributed by atoms with Gasteiger partial charge in [-0.1, -0.05) is 18.0 Å². The SMILES string of the molecule is CC(=O)COC(=O)c1cc(S(=O)(=O)N2CCCCC2)ccc1Cl. The zero-order valence-electron chi connectivity index (χ0n) is 12.7. The van der Waals surface area contributed by atoms with Crippen LogP contribution >= 0.6 is 11.6 Å². The van der Waals surface area contributed by atoms with E-state index in [0.29, 0.717) is 13.1 Å². The highest BCUT2D eigenvalue weighted by molar-refractivity contribution is 7.89. The Kier molecular flexibility index (Phi) is 5.78. The summed E-state index contributed by atoms with van der Waals surface area (Å²) in [6.45, 7) is 1.84. The molecule has 1 aromatic rings. The molecular formula is C15H18ClNO5S. The van der Waals surface area contributed by atoms with E-state index in [1.807, 2.05) is 0 Å². The molecule has 1 heterocycles. The van der Waals surface area contributed by atoms with Crippen molar-refractivity contribution in [1.82, 2.24) is 4.31 Å². The lowest BCUT2D eigenvalue weighted by atomic mass is 10.2. The van der Waals surface area contributed by atoms with E-state index in [1.165, 1.54) is 29.4 Å². The first-order chi connectivity index (χ1) is 10.8. The second-order valence-electron chi connectivity index (χ2n) is 5.38. The molecule has 0 spiro atoms. The van der Waals surface area contributed by atoms with Crippen LogP contribution in [0, 0.1) is 0 Å². The molecule has 0 aromatic heterocycles. The van der Waals surface area contributed by atoms with Crippen LogP contribution in [-0.4, -0.2) is 44.2 Å². The van der Waals surface area contributed by atoms with Crippen molar-refractivity contribution in [3.8, 4) is 0 Å². The smallest absolute Gasteiger partial charge is 0.340 e. The lowest BCUT2D eigenvalue weighted by Gasteiger charge is -2.26. The number of ketones is 1. The molecule has 2 rings (SSSR count). The molecular weight excluding hydrogens is 342 g/mol. The van der Waals surface area contributed by atoms with Gasteiger partial charge in [0, 0.05) is 13.1 Å². The van der Waals surface area contributed by atoms with Crippen molar-refractivity contribution in [3.63, 3.8) is 0 Å². The molecule has 0 unspecified atom stereocenters. The normalized spacial score (nSPS) is 16.1. The average molecular weight is 360 g/mol. The largest absolute Gasteiger partial charge is 0.454 e. The molecule has 0 amide bonds. The molecule has 0 N–H and O–H groups in total. The lowest BCUT2D eigenvalue weighted by Crippen LogP contribution is -2.35. The molecule has 6 nitrogen and oxygen atoms in total. The third-order valence-corrected chi connectivity index (χ3v) is 5.74. The topological polar surface area (TPSA) is 80.8 Å². The highest BCUT2D eigenvalue weighted by Gasteiger charge is 2.27. The number of piperidine rings is 1. The standard InChI is InChI=1S/C15H18ClNO5S/c1-11(18)10-22-15(19)13-9-12(5-6-14(13)16)23(20,21)17-7-3-2-4-8-17/h5-6,9H,2-4,7-8,10H2,1H3. The van der Waals surface area contributed by atoms with Crippen LogP contribution < -0.4 is 0 Å². The number of sulfonamides is 1. The maximum absolute atomic E-state index is 12.6. The number of nitrogens with zero attached hydrogens (tertiary/aromatic N) is 1. The molecule has 8 heteroatoms. The van der Waals surface area contributed by atoms with Gasteiger partial charge in [-0.15, -0.1) is 0 Å². The highest BCUT2D eigenvalue weighted by Crippen LogP contribution is 2.25. The van der Waals surface area contributed by atoms with Crippen molar-refractivity contribution < 1.29 is 22.7 Å². The molecule has 1 aliphatic rings. The van der Waals surface area contributed by atoms with Crippen molar-refractivity contribution in [1.29, 1.82) is 0 Å². The van der Waals surface area contributed by atoms with Crippen molar-refractivity contribution >= 4 is 33.4 Å². The number of benzene rings is 1. The molecule has 0 aliphatic carbocycles. The van der Waals surface area contributed by atoms with Crippen molar-refractivity contribution in [3.05, 3.63) is 28.8 Å². The Morgan fingerprint density at radius 2 is 1.87 bits per heavy atom. The predicted molar refractivity (Wildman–Crippen MR) is 85.0 cm³/mol. The first-order valence-corrected chi connectivity index (χ1v) is 9.10. The maximum atomic E-state index is 12.6. The van der Waals surface area contributed by atoms with E-state index in [2.05, 4.69) is 0 Å². The van der Waals surface area contributed by atoms with Crippen LogP contribution in [0.25, 0.3) is 0 Å². The van der Waals surface area contributed by atoms with Crippen LogP contribution in [0.15, 0.2) is 23.1 Å². The second kappa shape index (κ2) is 7.42. The second-order valence-corrected chi connectivity index (χ2v) is 7.73. The maximum Gasteiger partial charge on any atom is 0.340 e. The van der Waals surface area contributed by atoms with E-state index in [0.717, 1.165) is 19.3 Å². The number of ether oxygens (including phenoxy) is 1. The summed E-state index contributed by atoms with van der Waals surface area (Å²) in [6, 6.07) is 3.92. The van der Waals surface area contributed by atoms with Crippen LogP contribution in [0.1, 0.15) is 36.5 Å². The molecule has 0 atom stereocenters. The minimum Gasteiger partial charge on any atom is -0.454 e. The Labute approximate surface area is 140 Å². The Morgan fingerprint density at radius 1 is 1.22 bits per heavy atom. The molecule has 0 bridgehead atoms. The first kappa shape index (κ1) is 17.9. The third kappa shape index (κ3) is 4.31. The molecule has 1 aliphatic heterocycles. The molecule has 0 saturated carbocycles. The van der Waals surface area contributed by atoms with Gasteiger partial charge in [-0.05, 0) is 38.0 Å². The summed E-state index contributed by atoms with van der Waals surface area (Å²) in [5, 5.41) is 0.0798. The van der Waals surface area contributed by atoms with Gasteiger partial charge in [0.2, 0.25) is 10.0 Å².